The van der Waals surface area contributed by atoms with Crippen LogP contribution in [-0.2, 0) is 19.1 Å². The molecule has 3 fully saturated rings. The molecule has 3 aliphatic heterocycles. The lowest BCUT2D eigenvalue weighted by Crippen LogP contribution is -2.58. The summed E-state index contributed by atoms with van der Waals surface area (Å²) >= 11 is 5.31. The second kappa shape index (κ2) is 10.9. The first-order chi connectivity index (χ1) is 17.7. The van der Waals surface area contributed by atoms with Gasteiger partial charge in [-0.1, -0.05) is 53.7 Å². The van der Waals surface area contributed by atoms with E-state index < -0.39 is 34.6 Å². The zero-order chi connectivity index (χ0) is 27.1. The average Bonchev–Trinajstić information content (AvgIpc) is 3.47. The summed E-state index contributed by atoms with van der Waals surface area (Å²) in [5.74, 6) is -2.30. The minimum atomic E-state index is -0.839. The highest BCUT2D eigenvalue weighted by Crippen LogP contribution is 2.68. The van der Waals surface area contributed by atoms with E-state index in [4.69, 9.17) is 4.74 Å². The largest absolute Gasteiger partial charge is 0.461 e. The van der Waals surface area contributed by atoms with Crippen molar-refractivity contribution in [2.24, 2.45) is 11.8 Å². The van der Waals surface area contributed by atoms with Gasteiger partial charge in [0.1, 0.15) is 12.6 Å². The molecule has 2 bridgehead atoms. The molecule has 3 aliphatic rings. The van der Waals surface area contributed by atoms with Crippen LogP contribution >= 0.6 is 27.7 Å². The molecule has 4 rings (SSSR count). The topological polar surface area (TPSA) is 87.2 Å². The number of thioether (sulfide) groups is 1. The van der Waals surface area contributed by atoms with E-state index in [1.165, 1.54) is 6.08 Å². The van der Waals surface area contributed by atoms with Gasteiger partial charge < -0.3 is 19.6 Å². The fourth-order valence-corrected chi connectivity index (χ4v) is 9.84. The van der Waals surface area contributed by atoms with Gasteiger partial charge in [0.05, 0.1) is 29.2 Å². The van der Waals surface area contributed by atoms with Crippen LogP contribution in [0.4, 0.5) is 5.69 Å². The number of ether oxygens (including phenoxy) is 1. The van der Waals surface area contributed by atoms with E-state index in [9.17, 15) is 19.5 Å². The third-order valence-corrected chi connectivity index (χ3v) is 11.1. The van der Waals surface area contributed by atoms with E-state index in [-0.39, 0.29) is 41.6 Å². The SMILES string of the molecule is C=CCOC(=O)[C@H]1[C@@H]2SC3(CC2Br)C(C(=O)N(CC=C)c2cc(C)ccc2C)N([C@@H](CC)CO)C(=O)[C@H]13. The number of hydrogen-bond acceptors (Lipinski definition) is 6. The van der Waals surface area contributed by atoms with Crippen molar-refractivity contribution in [1.29, 1.82) is 0 Å². The molecule has 0 radical (unpaired) electrons. The first-order valence-corrected chi connectivity index (χ1v) is 14.5. The molecular weight excluding hydrogens is 556 g/mol. The van der Waals surface area contributed by atoms with Gasteiger partial charge in [0.25, 0.3) is 5.91 Å². The highest BCUT2D eigenvalue weighted by molar-refractivity contribution is 9.09. The number of fused-ring (bicyclic) bond motifs is 1. The van der Waals surface area contributed by atoms with Crippen LogP contribution in [0.3, 0.4) is 0 Å². The Morgan fingerprint density at radius 3 is 2.70 bits per heavy atom. The van der Waals surface area contributed by atoms with Crippen LogP contribution in [0, 0.1) is 25.7 Å². The van der Waals surface area contributed by atoms with Crippen molar-refractivity contribution in [2.45, 2.75) is 60.5 Å². The maximum Gasteiger partial charge on any atom is 0.311 e. The zero-order valence-electron chi connectivity index (χ0n) is 21.6. The molecule has 2 amide bonds. The van der Waals surface area contributed by atoms with Crippen LogP contribution in [0.1, 0.15) is 30.9 Å². The second-order valence-corrected chi connectivity index (χ2v) is 12.8. The normalized spacial score (nSPS) is 30.7. The van der Waals surface area contributed by atoms with E-state index in [1.54, 1.807) is 27.6 Å². The fourth-order valence-electron chi connectivity index (χ4n) is 6.25. The Morgan fingerprint density at radius 2 is 2.08 bits per heavy atom. The number of esters is 1. The minimum absolute atomic E-state index is 0.0548. The van der Waals surface area contributed by atoms with Crippen molar-refractivity contribution in [1.82, 2.24) is 4.90 Å². The molecule has 1 spiro atoms. The Balaban J connectivity index is 1.85. The monoisotopic (exact) mass is 590 g/mol. The molecule has 200 valence electrons. The molecule has 7 atom stereocenters. The number of alkyl halides is 1. The molecule has 1 aromatic rings. The first-order valence-electron chi connectivity index (χ1n) is 12.7. The molecule has 7 nitrogen and oxygen atoms in total. The Kier molecular flexibility index (Phi) is 8.26. The number of carbonyl (C=O) groups is 3. The third-order valence-electron chi connectivity index (χ3n) is 7.89. The standard InChI is InChI=1S/C28H35BrN2O5S/c1-6-11-30(20-13-16(4)9-10-17(20)5)26(34)24-28-14-19(29)23(37-28)21(27(35)36-12-7-2)22(28)25(33)31(24)18(8-3)15-32/h6-7,9-10,13,18-19,21-24,32H,1-2,8,11-12,14-15H2,3-5H3/t18-,19?,21+,22-,23+,24?,28?/m0/s1. The van der Waals surface area contributed by atoms with Gasteiger partial charge in [0, 0.05) is 22.3 Å². The molecule has 3 heterocycles. The number of aryl methyl sites for hydroxylation is 2. The first kappa shape index (κ1) is 27.9. The van der Waals surface area contributed by atoms with Gasteiger partial charge in [-0.15, -0.1) is 18.3 Å². The third kappa shape index (κ3) is 4.46. The van der Waals surface area contributed by atoms with Crippen molar-refractivity contribution < 1.29 is 24.2 Å². The summed E-state index contributed by atoms with van der Waals surface area (Å²) in [6.45, 7) is 13.4. The number of aliphatic hydroxyl groups is 1. The summed E-state index contributed by atoms with van der Waals surface area (Å²) in [5.41, 5.74) is 2.72. The average molecular weight is 592 g/mol. The highest BCUT2D eigenvalue weighted by Gasteiger charge is 2.76. The smallest absolute Gasteiger partial charge is 0.311 e. The number of likely N-dealkylation sites (tertiary alicyclic amines) is 1. The second-order valence-electron chi connectivity index (χ2n) is 10.1. The van der Waals surface area contributed by atoms with Crippen molar-refractivity contribution >= 4 is 51.2 Å². The lowest BCUT2D eigenvalue weighted by Gasteiger charge is -2.40. The number of aliphatic hydroxyl groups excluding tert-OH is 1. The van der Waals surface area contributed by atoms with Gasteiger partial charge in [-0.05, 0) is 43.9 Å². The minimum Gasteiger partial charge on any atom is -0.461 e. The van der Waals surface area contributed by atoms with Crippen molar-refractivity contribution in [3.63, 3.8) is 0 Å². The number of benzene rings is 1. The quantitative estimate of drug-likeness (QED) is 0.253. The fraction of sp³-hybridized carbons (Fsp3) is 0.536. The van der Waals surface area contributed by atoms with Crippen molar-refractivity contribution in [2.75, 3.05) is 24.7 Å². The Morgan fingerprint density at radius 1 is 1.35 bits per heavy atom. The molecule has 3 unspecified atom stereocenters. The summed E-state index contributed by atoms with van der Waals surface area (Å²) in [7, 11) is 0. The number of halogens is 1. The van der Waals surface area contributed by atoms with Crippen LogP contribution in [0.15, 0.2) is 43.5 Å². The number of nitrogens with zero attached hydrogens (tertiary/aromatic N) is 2. The zero-order valence-corrected chi connectivity index (χ0v) is 24.0. The van der Waals surface area contributed by atoms with E-state index in [1.807, 2.05) is 39.0 Å². The number of carbonyl (C=O) groups excluding carboxylic acids is 3. The van der Waals surface area contributed by atoms with E-state index in [2.05, 4.69) is 29.1 Å². The van der Waals surface area contributed by atoms with Crippen LogP contribution in [0.25, 0.3) is 0 Å². The predicted molar refractivity (Wildman–Crippen MR) is 150 cm³/mol. The number of amides is 2. The lowest BCUT2D eigenvalue weighted by molar-refractivity contribution is -0.153. The summed E-state index contributed by atoms with van der Waals surface area (Å²) < 4.78 is 4.62. The van der Waals surface area contributed by atoms with Crippen molar-refractivity contribution in [3.05, 3.63) is 54.6 Å². The summed E-state index contributed by atoms with van der Waals surface area (Å²) in [5, 5.41) is 10.1. The molecule has 0 aliphatic carbocycles. The van der Waals surface area contributed by atoms with Crippen molar-refractivity contribution in [3.8, 4) is 0 Å². The molecule has 37 heavy (non-hydrogen) atoms. The number of rotatable bonds is 10. The highest BCUT2D eigenvalue weighted by atomic mass is 79.9. The number of anilines is 1. The number of hydrogen-bond donors (Lipinski definition) is 1. The van der Waals surface area contributed by atoms with Crippen LogP contribution in [0.5, 0.6) is 0 Å². The summed E-state index contributed by atoms with van der Waals surface area (Å²) in [6, 6.07) is 4.57. The van der Waals surface area contributed by atoms with Gasteiger partial charge in [0.15, 0.2) is 0 Å². The molecule has 1 N–H and O–H groups in total. The van der Waals surface area contributed by atoms with E-state index in [0.29, 0.717) is 12.8 Å². The van der Waals surface area contributed by atoms with Crippen LogP contribution < -0.4 is 4.90 Å². The Labute approximate surface area is 231 Å². The van der Waals surface area contributed by atoms with Crippen LogP contribution in [0.2, 0.25) is 0 Å². The van der Waals surface area contributed by atoms with Crippen LogP contribution in [-0.4, -0.2) is 74.5 Å². The molecule has 1 aromatic carbocycles. The van der Waals surface area contributed by atoms with Gasteiger partial charge in [-0.25, -0.2) is 0 Å². The maximum absolute atomic E-state index is 14.6. The van der Waals surface area contributed by atoms with E-state index in [0.717, 1.165) is 16.8 Å². The van der Waals surface area contributed by atoms with Gasteiger partial charge in [0.2, 0.25) is 5.91 Å². The van der Waals surface area contributed by atoms with Gasteiger partial charge >= 0.3 is 5.97 Å². The van der Waals surface area contributed by atoms with Gasteiger partial charge in [-0.3, -0.25) is 14.4 Å². The Hall–Kier alpha value is -2.10. The van der Waals surface area contributed by atoms with E-state index >= 15 is 0 Å². The summed E-state index contributed by atoms with van der Waals surface area (Å²) in [6.07, 6.45) is 4.23. The van der Waals surface area contributed by atoms with Gasteiger partial charge in [-0.2, -0.15) is 0 Å². The predicted octanol–water partition coefficient (Wildman–Crippen LogP) is 3.79. The molecule has 0 saturated carbocycles. The molecule has 9 heteroatoms. The molecule has 3 saturated heterocycles. The maximum atomic E-state index is 14.6. The lowest BCUT2D eigenvalue weighted by atomic mass is 9.71. The summed E-state index contributed by atoms with van der Waals surface area (Å²) in [4.78, 5) is 45.2. The Bertz CT molecular complexity index is 1110. The molecular formula is C28H35BrN2O5S. The molecule has 0 aromatic heterocycles.